The molecule has 72 valence electrons. The summed E-state index contributed by atoms with van der Waals surface area (Å²) in [5.41, 5.74) is 0.470. The van der Waals surface area contributed by atoms with Crippen molar-refractivity contribution in [3.05, 3.63) is 39.1 Å². The van der Waals surface area contributed by atoms with Crippen LogP contribution >= 0.6 is 11.6 Å². The quantitative estimate of drug-likeness (QED) is 0.537. The average Bonchev–Trinajstić information content (AvgIpc) is 2.45. The molecule has 4 nitrogen and oxygen atoms in total. The van der Waals surface area contributed by atoms with Crippen LogP contribution in [0, 0.1) is 17.0 Å². The molecule has 0 aliphatic carbocycles. The fourth-order valence-corrected chi connectivity index (χ4v) is 1.59. The van der Waals surface area contributed by atoms with Crippen molar-refractivity contribution >= 4 is 28.3 Å². The first-order valence-electron chi connectivity index (χ1n) is 3.92. The number of nitro groups is 1. The zero-order valence-corrected chi connectivity index (χ0v) is 8.04. The maximum Gasteiger partial charge on any atom is 0.271 e. The lowest BCUT2D eigenvalue weighted by molar-refractivity contribution is -0.384. The highest BCUT2D eigenvalue weighted by Crippen LogP contribution is 2.31. The number of hydrogen-bond donors (Lipinski definition) is 0. The third kappa shape index (κ3) is 1.33. The monoisotopic (exact) mass is 211 g/mol. The zero-order valence-electron chi connectivity index (χ0n) is 7.28. The van der Waals surface area contributed by atoms with Crippen LogP contribution in [0.15, 0.2) is 22.6 Å². The molecule has 14 heavy (non-hydrogen) atoms. The molecule has 0 aliphatic heterocycles. The predicted octanol–water partition coefficient (Wildman–Crippen LogP) is 3.30. The summed E-state index contributed by atoms with van der Waals surface area (Å²) < 4.78 is 5.28. The Bertz CT molecular complexity index is 518. The van der Waals surface area contributed by atoms with Crippen molar-refractivity contribution < 1.29 is 9.34 Å². The van der Waals surface area contributed by atoms with E-state index in [0.717, 1.165) is 0 Å². The Morgan fingerprint density at radius 1 is 1.43 bits per heavy atom. The highest BCUT2D eigenvalue weighted by Gasteiger charge is 2.13. The predicted molar refractivity (Wildman–Crippen MR) is 52.6 cm³/mol. The minimum atomic E-state index is -0.479. The number of aryl methyl sites for hydroxylation is 1. The van der Waals surface area contributed by atoms with Gasteiger partial charge in [-0.05, 0) is 13.0 Å². The minimum Gasteiger partial charge on any atom is -0.460 e. The smallest absolute Gasteiger partial charge is 0.271 e. The molecule has 1 heterocycles. The molecule has 1 aromatic carbocycles. The Balaban J connectivity index is 2.77. The second kappa shape index (κ2) is 2.99. The van der Waals surface area contributed by atoms with Gasteiger partial charge in [0.1, 0.15) is 5.76 Å². The summed E-state index contributed by atoms with van der Waals surface area (Å²) in [4.78, 5) is 10.0. The highest BCUT2D eigenvalue weighted by atomic mass is 35.5. The molecule has 0 spiro atoms. The van der Waals surface area contributed by atoms with E-state index in [1.807, 2.05) is 0 Å². The molecule has 0 saturated heterocycles. The second-order valence-corrected chi connectivity index (χ2v) is 3.37. The first-order chi connectivity index (χ1) is 6.58. The fraction of sp³-hybridized carbons (Fsp3) is 0.111. The van der Waals surface area contributed by atoms with E-state index in [9.17, 15) is 10.1 Å². The van der Waals surface area contributed by atoms with E-state index < -0.39 is 4.92 Å². The van der Waals surface area contributed by atoms with E-state index in [1.54, 1.807) is 13.0 Å². The molecule has 0 amide bonds. The molecule has 0 atom stereocenters. The van der Waals surface area contributed by atoms with Gasteiger partial charge in [-0.15, -0.1) is 0 Å². The van der Waals surface area contributed by atoms with E-state index in [0.29, 0.717) is 16.7 Å². The standard InChI is InChI=1S/C9H6ClNO3/c1-5-2-6-3-7(11(12)13)4-8(10)9(6)14-5/h2-4H,1H3. The summed E-state index contributed by atoms with van der Waals surface area (Å²) in [6.07, 6.45) is 0. The van der Waals surface area contributed by atoms with Crippen molar-refractivity contribution in [3.63, 3.8) is 0 Å². The molecule has 1 aromatic heterocycles. The van der Waals surface area contributed by atoms with Crippen LogP contribution < -0.4 is 0 Å². The fourth-order valence-electron chi connectivity index (χ4n) is 1.33. The van der Waals surface area contributed by atoms with Crippen LogP contribution in [0.3, 0.4) is 0 Å². The number of non-ortho nitro benzene ring substituents is 1. The molecular weight excluding hydrogens is 206 g/mol. The SMILES string of the molecule is Cc1cc2cc([N+](=O)[O-])cc(Cl)c2o1. The van der Waals surface area contributed by atoms with Crippen molar-refractivity contribution in [1.29, 1.82) is 0 Å². The lowest BCUT2D eigenvalue weighted by Crippen LogP contribution is -1.86. The van der Waals surface area contributed by atoms with Crippen LogP contribution in [-0.2, 0) is 0 Å². The second-order valence-electron chi connectivity index (χ2n) is 2.96. The summed E-state index contributed by atoms with van der Waals surface area (Å²) >= 11 is 5.82. The Morgan fingerprint density at radius 3 is 2.79 bits per heavy atom. The molecule has 0 fully saturated rings. The molecule has 2 rings (SSSR count). The van der Waals surface area contributed by atoms with E-state index in [-0.39, 0.29) is 10.7 Å². The molecule has 0 aliphatic rings. The first kappa shape index (κ1) is 9.02. The Morgan fingerprint density at radius 2 is 2.14 bits per heavy atom. The van der Waals surface area contributed by atoms with Crippen LogP contribution in [0.2, 0.25) is 5.02 Å². The normalized spacial score (nSPS) is 10.7. The van der Waals surface area contributed by atoms with Crippen LogP contribution in [0.1, 0.15) is 5.76 Å². The number of halogens is 1. The summed E-state index contributed by atoms with van der Waals surface area (Å²) in [5, 5.41) is 11.4. The van der Waals surface area contributed by atoms with Gasteiger partial charge in [0.2, 0.25) is 0 Å². The van der Waals surface area contributed by atoms with E-state index in [4.69, 9.17) is 16.0 Å². The van der Waals surface area contributed by atoms with Gasteiger partial charge in [-0.2, -0.15) is 0 Å². The first-order valence-corrected chi connectivity index (χ1v) is 4.30. The maximum atomic E-state index is 10.5. The largest absolute Gasteiger partial charge is 0.460 e. The number of benzene rings is 1. The molecule has 5 heteroatoms. The molecule has 2 aromatic rings. The van der Waals surface area contributed by atoms with E-state index >= 15 is 0 Å². The van der Waals surface area contributed by atoms with E-state index in [2.05, 4.69) is 0 Å². The number of nitrogens with zero attached hydrogens (tertiary/aromatic N) is 1. The van der Waals surface area contributed by atoms with Crippen molar-refractivity contribution in [2.24, 2.45) is 0 Å². The van der Waals surface area contributed by atoms with Gasteiger partial charge in [0, 0.05) is 17.5 Å². The van der Waals surface area contributed by atoms with Gasteiger partial charge in [0.05, 0.1) is 9.95 Å². The Kier molecular flexibility index (Phi) is 1.93. The topological polar surface area (TPSA) is 56.3 Å². The number of nitro benzene ring substituents is 1. The summed E-state index contributed by atoms with van der Waals surface area (Å²) in [5.74, 6) is 0.683. The van der Waals surface area contributed by atoms with Crippen molar-refractivity contribution in [1.82, 2.24) is 0 Å². The minimum absolute atomic E-state index is 0.0247. The van der Waals surface area contributed by atoms with Gasteiger partial charge >= 0.3 is 0 Å². The third-order valence-electron chi connectivity index (χ3n) is 1.89. The number of fused-ring (bicyclic) bond motifs is 1. The average molecular weight is 212 g/mol. The lowest BCUT2D eigenvalue weighted by atomic mass is 10.2. The number of hydrogen-bond acceptors (Lipinski definition) is 3. The van der Waals surface area contributed by atoms with Crippen LogP contribution in [0.5, 0.6) is 0 Å². The Labute approximate surface area is 84.2 Å². The molecular formula is C9H6ClNO3. The van der Waals surface area contributed by atoms with Gasteiger partial charge in [0.15, 0.2) is 5.58 Å². The van der Waals surface area contributed by atoms with Crippen LogP contribution in [-0.4, -0.2) is 4.92 Å². The van der Waals surface area contributed by atoms with Gasteiger partial charge in [-0.1, -0.05) is 11.6 Å². The van der Waals surface area contributed by atoms with Crippen LogP contribution in [0.4, 0.5) is 5.69 Å². The summed E-state index contributed by atoms with van der Waals surface area (Å²) in [6.45, 7) is 1.77. The van der Waals surface area contributed by atoms with Crippen molar-refractivity contribution in [3.8, 4) is 0 Å². The summed E-state index contributed by atoms with van der Waals surface area (Å²) in [7, 11) is 0. The maximum absolute atomic E-state index is 10.5. The molecule has 0 saturated carbocycles. The van der Waals surface area contributed by atoms with Gasteiger partial charge in [-0.25, -0.2) is 0 Å². The Hall–Kier alpha value is -1.55. The molecule has 0 radical (unpaired) electrons. The van der Waals surface area contributed by atoms with Gasteiger partial charge in [-0.3, -0.25) is 10.1 Å². The van der Waals surface area contributed by atoms with Gasteiger partial charge in [0.25, 0.3) is 5.69 Å². The van der Waals surface area contributed by atoms with Crippen LogP contribution in [0.25, 0.3) is 11.0 Å². The molecule has 0 unspecified atom stereocenters. The summed E-state index contributed by atoms with van der Waals surface area (Å²) in [6, 6.07) is 4.44. The molecule has 0 N–H and O–H groups in total. The van der Waals surface area contributed by atoms with E-state index in [1.165, 1.54) is 12.1 Å². The van der Waals surface area contributed by atoms with Crippen molar-refractivity contribution in [2.45, 2.75) is 6.92 Å². The zero-order chi connectivity index (χ0) is 10.3. The van der Waals surface area contributed by atoms with Crippen molar-refractivity contribution in [2.75, 3.05) is 0 Å². The molecule has 0 bridgehead atoms. The lowest BCUT2D eigenvalue weighted by Gasteiger charge is -1.93. The van der Waals surface area contributed by atoms with Gasteiger partial charge < -0.3 is 4.42 Å². The number of furan rings is 1. The highest BCUT2D eigenvalue weighted by molar-refractivity contribution is 6.35. The number of rotatable bonds is 1. The third-order valence-corrected chi connectivity index (χ3v) is 2.17.